The fourth-order valence-corrected chi connectivity index (χ4v) is 3.95. The number of rotatable bonds is 3. The van der Waals surface area contributed by atoms with Crippen LogP contribution in [0.5, 0.6) is 0 Å². The van der Waals surface area contributed by atoms with Crippen molar-refractivity contribution in [1.29, 1.82) is 0 Å². The summed E-state index contributed by atoms with van der Waals surface area (Å²) in [5.74, 6) is -0.355. The normalized spacial score (nSPS) is 10.9. The molecule has 1 aromatic carbocycles. The van der Waals surface area contributed by atoms with E-state index in [0.29, 0.717) is 12.2 Å². The van der Waals surface area contributed by atoms with Crippen molar-refractivity contribution in [2.45, 2.75) is 6.92 Å². The molecule has 0 bridgehead atoms. The summed E-state index contributed by atoms with van der Waals surface area (Å²) >= 11 is -2.17. The van der Waals surface area contributed by atoms with Crippen molar-refractivity contribution in [3.05, 3.63) is 33.4 Å². The molecule has 0 atom stereocenters. The Bertz CT molecular complexity index is 328. The van der Waals surface area contributed by atoms with E-state index in [9.17, 15) is 4.79 Å². The summed E-state index contributed by atoms with van der Waals surface area (Å²) in [6, 6.07) is 7.04. The minimum absolute atomic E-state index is 0.353. The van der Waals surface area contributed by atoms with Crippen molar-refractivity contribution in [1.82, 2.24) is 0 Å². The van der Waals surface area contributed by atoms with E-state index in [2.05, 4.69) is 0 Å². The van der Waals surface area contributed by atoms with E-state index >= 15 is 0 Å². The molecular weight excluding hydrogens is 338 g/mol. The van der Waals surface area contributed by atoms with Crippen molar-refractivity contribution in [3.63, 3.8) is 0 Å². The van der Waals surface area contributed by atoms with Crippen molar-refractivity contribution < 1.29 is 9.53 Å². The van der Waals surface area contributed by atoms with Crippen LogP contribution >= 0.6 is 35.4 Å². The van der Waals surface area contributed by atoms with Crippen LogP contribution in [0.25, 0.3) is 0 Å². The second-order valence-corrected chi connectivity index (χ2v) is 9.50. The molecule has 78 valence electrons. The molecule has 0 heterocycles. The molecule has 0 amide bonds. The van der Waals surface area contributed by atoms with E-state index in [1.54, 1.807) is 25.1 Å². The van der Waals surface area contributed by atoms with E-state index < -0.39 is 17.6 Å². The van der Waals surface area contributed by atoms with Crippen molar-refractivity contribution in [3.8, 4) is 0 Å². The molecule has 0 aliphatic carbocycles. The first-order valence-electron chi connectivity index (χ1n) is 3.96. The second-order valence-electron chi connectivity index (χ2n) is 2.40. The van der Waals surface area contributed by atoms with Gasteiger partial charge in [0.05, 0.1) is 0 Å². The minimum atomic E-state index is -2.17. The molecular formula is C9H9Cl2IO2. The summed E-state index contributed by atoms with van der Waals surface area (Å²) in [6.45, 7) is 2.12. The Labute approximate surface area is 97.3 Å². The van der Waals surface area contributed by atoms with Gasteiger partial charge in [-0.15, -0.1) is 0 Å². The summed E-state index contributed by atoms with van der Waals surface area (Å²) in [5, 5.41) is 0. The van der Waals surface area contributed by atoms with E-state index in [0.717, 1.165) is 3.57 Å². The summed E-state index contributed by atoms with van der Waals surface area (Å²) < 4.78 is 5.62. The number of halogens is 3. The topological polar surface area (TPSA) is 26.3 Å². The third kappa shape index (κ3) is 3.00. The van der Waals surface area contributed by atoms with Crippen LogP contribution in [-0.4, -0.2) is 12.6 Å². The standard InChI is InChI=1S/C9H9Cl2IO2/c1-2-14-9(13)7-5-3-4-6-8(7)12(10)11/h3-6H,2H2,1H3. The van der Waals surface area contributed by atoms with Crippen LogP contribution in [0.4, 0.5) is 0 Å². The van der Waals surface area contributed by atoms with Crippen LogP contribution in [0.3, 0.4) is 0 Å². The fourth-order valence-electron chi connectivity index (χ4n) is 0.960. The molecule has 0 aliphatic heterocycles. The molecule has 0 fully saturated rings. The Morgan fingerprint density at radius 3 is 2.64 bits per heavy atom. The third-order valence-electron chi connectivity index (χ3n) is 1.52. The Hall–Kier alpha value is -0.000000000000000111. The van der Waals surface area contributed by atoms with Gasteiger partial charge in [-0.05, 0) is 0 Å². The first-order valence-corrected chi connectivity index (χ1v) is 10.5. The monoisotopic (exact) mass is 346 g/mol. The van der Waals surface area contributed by atoms with E-state index in [1.165, 1.54) is 0 Å². The molecule has 0 unspecified atom stereocenters. The van der Waals surface area contributed by atoms with Crippen LogP contribution in [-0.2, 0) is 4.74 Å². The first-order chi connectivity index (χ1) is 6.66. The summed E-state index contributed by atoms with van der Waals surface area (Å²) in [5.41, 5.74) is 0.490. The van der Waals surface area contributed by atoms with E-state index in [-0.39, 0.29) is 5.97 Å². The van der Waals surface area contributed by atoms with Gasteiger partial charge in [0, 0.05) is 0 Å². The molecule has 0 aliphatic rings. The molecule has 1 rings (SSSR count). The maximum atomic E-state index is 11.5. The van der Waals surface area contributed by atoms with Crippen molar-refractivity contribution >= 4 is 41.3 Å². The second kappa shape index (κ2) is 5.78. The van der Waals surface area contributed by atoms with Gasteiger partial charge >= 0.3 is 97.8 Å². The van der Waals surface area contributed by atoms with E-state index in [1.807, 2.05) is 6.07 Å². The fraction of sp³-hybridized carbons (Fsp3) is 0.222. The maximum absolute atomic E-state index is 11.5. The van der Waals surface area contributed by atoms with Crippen LogP contribution in [0.15, 0.2) is 24.3 Å². The molecule has 2 nitrogen and oxygen atoms in total. The SMILES string of the molecule is CCOC(=O)c1ccccc1I(Cl)Cl. The summed E-state index contributed by atoms with van der Waals surface area (Å²) in [4.78, 5) is 11.5. The molecule has 1 aromatic rings. The van der Waals surface area contributed by atoms with E-state index in [4.69, 9.17) is 22.6 Å². The Morgan fingerprint density at radius 1 is 1.43 bits per heavy atom. The van der Waals surface area contributed by atoms with Gasteiger partial charge in [0.1, 0.15) is 0 Å². The zero-order valence-corrected chi connectivity index (χ0v) is 11.1. The molecule has 0 N–H and O–H groups in total. The molecule has 0 spiro atoms. The number of benzene rings is 1. The average molecular weight is 347 g/mol. The van der Waals surface area contributed by atoms with Crippen LogP contribution < -0.4 is 0 Å². The van der Waals surface area contributed by atoms with Gasteiger partial charge in [0.2, 0.25) is 0 Å². The number of hydrogen-bond donors (Lipinski definition) is 0. The average Bonchev–Trinajstić information content (AvgIpc) is 2.18. The Morgan fingerprint density at radius 2 is 2.07 bits per heavy atom. The van der Waals surface area contributed by atoms with Gasteiger partial charge in [-0.2, -0.15) is 0 Å². The molecule has 0 aromatic heterocycles. The predicted octanol–water partition coefficient (Wildman–Crippen LogP) is 3.85. The zero-order chi connectivity index (χ0) is 10.6. The van der Waals surface area contributed by atoms with Gasteiger partial charge in [-0.25, -0.2) is 0 Å². The van der Waals surface area contributed by atoms with Crippen LogP contribution in [0, 0.1) is 3.57 Å². The van der Waals surface area contributed by atoms with Crippen molar-refractivity contribution in [2.24, 2.45) is 0 Å². The molecule has 14 heavy (non-hydrogen) atoms. The molecule has 0 radical (unpaired) electrons. The molecule has 0 saturated carbocycles. The van der Waals surface area contributed by atoms with Gasteiger partial charge in [-0.1, -0.05) is 0 Å². The number of ether oxygens (including phenoxy) is 1. The summed E-state index contributed by atoms with van der Waals surface area (Å²) in [6.07, 6.45) is 0. The van der Waals surface area contributed by atoms with Crippen molar-refractivity contribution in [2.75, 3.05) is 6.61 Å². The number of hydrogen-bond acceptors (Lipinski definition) is 2. The molecule has 5 heteroatoms. The van der Waals surface area contributed by atoms with Gasteiger partial charge in [0.25, 0.3) is 0 Å². The van der Waals surface area contributed by atoms with Gasteiger partial charge in [-0.3, -0.25) is 0 Å². The van der Waals surface area contributed by atoms with Gasteiger partial charge < -0.3 is 0 Å². The molecule has 0 saturated heterocycles. The predicted molar refractivity (Wildman–Crippen MR) is 66.8 cm³/mol. The Kier molecular flexibility index (Phi) is 4.98. The summed E-state index contributed by atoms with van der Waals surface area (Å²) in [7, 11) is 11.7. The van der Waals surface area contributed by atoms with Crippen LogP contribution in [0.1, 0.15) is 17.3 Å². The number of carbonyl (C=O) groups excluding carboxylic acids is 1. The van der Waals surface area contributed by atoms with Gasteiger partial charge in [0.15, 0.2) is 0 Å². The number of carbonyl (C=O) groups is 1. The third-order valence-corrected chi connectivity index (χ3v) is 5.41. The quantitative estimate of drug-likeness (QED) is 0.614. The first kappa shape index (κ1) is 12.1. The number of esters is 1. The zero-order valence-electron chi connectivity index (χ0n) is 7.47. The van der Waals surface area contributed by atoms with Crippen LogP contribution in [0.2, 0.25) is 0 Å². The Balaban J connectivity index is 3.00.